The Labute approximate surface area is 204 Å². The van der Waals surface area contributed by atoms with Gasteiger partial charge in [0.2, 0.25) is 0 Å². The van der Waals surface area contributed by atoms with Crippen molar-refractivity contribution >= 4 is 0 Å². The van der Waals surface area contributed by atoms with Crippen molar-refractivity contribution in [2.75, 3.05) is 0 Å². The molecule has 0 fully saturated rings. The topological polar surface area (TPSA) is 0 Å². The van der Waals surface area contributed by atoms with E-state index in [0.717, 1.165) is 0 Å². The third-order valence-corrected chi connectivity index (χ3v) is 7.96. The van der Waals surface area contributed by atoms with Crippen molar-refractivity contribution < 1.29 is 0 Å². The molecule has 0 N–H and O–H groups in total. The van der Waals surface area contributed by atoms with E-state index in [4.69, 9.17) is 0 Å². The van der Waals surface area contributed by atoms with Gasteiger partial charge in [-0.3, -0.25) is 0 Å². The van der Waals surface area contributed by atoms with Gasteiger partial charge in [0, 0.05) is 5.41 Å². The lowest BCUT2D eigenvalue weighted by Gasteiger charge is -2.35. The summed E-state index contributed by atoms with van der Waals surface area (Å²) in [4.78, 5) is 0. The van der Waals surface area contributed by atoms with Gasteiger partial charge in [0.1, 0.15) is 0 Å². The minimum atomic E-state index is 0.130. The number of hydrogen-bond acceptors (Lipinski definition) is 0. The van der Waals surface area contributed by atoms with E-state index in [0.29, 0.717) is 11.8 Å². The second-order valence-electron chi connectivity index (χ2n) is 10.4. The van der Waals surface area contributed by atoms with Crippen molar-refractivity contribution in [2.45, 2.75) is 96.3 Å². The highest BCUT2D eigenvalue weighted by Gasteiger charge is 2.43. The lowest BCUT2D eigenvalue weighted by atomic mass is 9.68. The zero-order valence-corrected chi connectivity index (χ0v) is 21.3. The quantitative estimate of drug-likeness (QED) is 0.179. The molecular weight excluding hydrogens is 396 g/mol. The number of allylic oxidation sites excluding steroid dienone is 2. The van der Waals surface area contributed by atoms with E-state index >= 15 is 0 Å². The predicted molar refractivity (Wildman–Crippen MR) is 147 cm³/mol. The van der Waals surface area contributed by atoms with E-state index in [1.807, 2.05) is 0 Å². The van der Waals surface area contributed by atoms with Gasteiger partial charge >= 0.3 is 0 Å². The minimum Gasteiger partial charge on any atom is -0.103 e. The maximum Gasteiger partial charge on any atom is 0.0220 e. The highest BCUT2D eigenvalue weighted by atomic mass is 14.5. The van der Waals surface area contributed by atoms with Gasteiger partial charge in [-0.25, -0.2) is 0 Å². The molecule has 178 valence electrons. The van der Waals surface area contributed by atoms with Crippen LogP contribution in [0.2, 0.25) is 0 Å². The van der Waals surface area contributed by atoms with E-state index in [1.165, 1.54) is 88.2 Å². The summed E-state index contributed by atoms with van der Waals surface area (Å²) in [5, 5.41) is 0. The Morgan fingerprint density at radius 1 is 0.727 bits per heavy atom. The Morgan fingerprint density at radius 2 is 1.30 bits per heavy atom. The summed E-state index contributed by atoms with van der Waals surface area (Å²) in [6.45, 7) is 12.8. The first kappa shape index (κ1) is 25.5. The summed E-state index contributed by atoms with van der Waals surface area (Å²) in [5.74, 6) is 1.22. The van der Waals surface area contributed by atoms with Gasteiger partial charge in [-0.05, 0) is 59.8 Å². The van der Waals surface area contributed by atoms with Crippen LogP contribution in [0, 0.1) is 11.8 Å². The molecule has 0 radical (unpaired) electrons. The number of fused-ring (bicyclic) bond motifs is 3. The van der Waals surface area contributed by atoms with E-state index in [1.54, 1.807) is 11.1 Å². The highest BCUT2D eigenvalue weighted by Crippen LogP contribution is 2.54. The van der Waals surface area contributed by atoms with Crippen LogP contribution >= 0.6 is 0 Å². The molecule has 2 atom stereocenters. The van der Waals surface area contributed by atoms with E-state index < -0.39 is 0 Å². The lowest BCUT2D eigenvalue weighted by Crippen LogP contribution is -2.28. The first-order valence-electron chi connectivity index (χ1n) is 13.6. The predicted octanol–water partition coefficient (Wildman–Crippen LogP) is 10.3. The minimum absolute atomic E-state index is 0.130. The Balaban J connectivity index is 1.80. The Hall–Kier alpha value is -2.08. The molecule has 2 aromatic carbocycles. The molecule has 2 unspecified atom stereocenters. The average Bonchev–Trinajstić information content (AvgIpc) is 3.13. The summed E-state index contributed by atoms with van der Waals surface area (Å²) in [6, 6.07) is 18.4. The van der Waals surface area contributed by atoms with Crippen LogP contribution in [0.3, 0.4) is 0 Å². The summed E-state index contributed by atoms with van der Waals surface area (Å²) >= 11 is 0. The van der Waals surface area contributed by atoms with Crippen LogP contribution in [0.15, 0.2) is 73.8 Å². The molecule has 0 spiro atoms. The van der Waals surface area contributed by atoms with Crippen LogP contribution in [0.5, 0.6) is 0 Å². The van der Waals surface area contributed by atoms with Crippen molar-refractivity contribution in [2.24, 2.45) is 11.8 Å². The fourth-order valence-electron chi connectivity index (χ4n) is 5.96. The van der Waals surface area contributed by atoms with Gasteiger partial charge in [-0.15, -0.1) is 13.2 Å². The van der Waals surface area contributed by atoms with Gasteiger partial charge in [0.25, 0.3) is 0 Å². The molecule has 0 heteroatoms. The van der Waals surface area contributed by atoms with Crippen molar-refractivity contribution in [1.82, 2.24) is 0 Å². The summed E-state index contributed by atoms with van der Waals surface area (Å²) < 4.78 is 0. The molecule has 1 aliphatic rings. The van der Waals surface area contributed by atoms with E-state index in [9.17, 15) is 0 Å². The van der Waals surface area contributed by atoms with E-state index in [2.05, 4.69) is 87.7 Å². The Morgan fingerprint density at radius 3 is 1.91 bits per heavy atom. The molecule has 0 bridgehead atoms. The summed E-state index contributed by atoms with van der Waals surface area (Å²) in [7, 11) is 0. The van der Waals surface area contributed by atoms with Crippen molar-refractivity contribution in [3.05, 3.63) is 85.0 Å². The zero-order valence-electron chi connectivity index (χ0n) is 21.3. The lowest BCUT2D eigenvalue weighted by molar-refractivity contribution is 0.353. The maximum absolute atomic E-state index is 4.28. The van der Waals surface area contributed by atoms with Crippen molar-refractivity contribution in [1.29, 1.82) is 0 Å². The first-order chi connectivity index (χ1) is 16.2. The number of unbranched alkanes of at least 4 members (excludes halogenated alkanes) is 6. The fourth-order valence-corrected chi connectivity index (χ4v) is 5.96. The first-order valence-corrected chi connectivity index (χ1v) is 13.6. The molecule has 0 nitrogen and oxygen atoms in total. The van der Waals surface area contributed by atoms with Crippen LogP contribution in [-0.4, -0.2) is 0 Å². The molecule has 1 aliphatic carbocycles. The van der Waals surface area contributed by atoms with Gasteiger partial charge in [-0.2, -0.15) is 0 Å². The molecule has 0 aromatic heterocycles. The van der Waals surface area contributed by atoms with Crippen LogP contribution in [-0.2, 0) is 5.41 Å². The fraction of sp³-hybridized carbons (Fsp3) is 0.515. The van der Waals surface area contributed by atoms with Gasteiger partial charge in [0.15, 0.2) is 0 Å². The smallest absolute Gasteiger partial charge is 0.0220 e. The number of rotatable bonds is 16. The average molecular weight is 443 g/mol. The zero-order chi connectivity index (χ0) is 23.5. The molecule has 3 rings (SSSR count). The third kappa shape index (κ3) is 6.28. The second-order valence-corrected chi connectivity index (χ2v) is 10.4. The molecule has 0 saturated heterocycles. The maximum atomic E-state index is 4.28. The second kappa shape index (κ2) is 13.0. The monoisotopic (exact) mass is 442 g/mol. The van der Waals surface area contributed by atoms with Crippen LogP contribution < -0.4 is 0 Å². The molecule has 0 heterocycles. The van der Waals surface area contributed by atoms with Crippen LogP contribution in [0.4, 0.5) is 0 Å². The molecule has 0 saturated carbocycles. The third-order valence-electron chi connectivity index (χ3n) is 7.96. The molecule has 0 aliphatic heterocycles. The number of benzene rings is 2. The van der Waals surface area contributed by atoms with Gasteiger partial charge in [0.05, 0.1) is 0 Å². The van der Waals surface area contributed by atoms with Crippen LogP contribution in [0.25, 0.3) is 11.1 Å². The van der Waals surface area contributed by atoms with E-state index in [-0.39, 0.29) is 5.41 Å². The standard InChI is InChI=1S/C33H46/c1-5-8-9-13-20-28(7-3)26-33(25-18-11-10-12-19-27(4)6-2)31-23-16-14-21-29(31)30-22-15-17-24-32(30)33/h6-7,14-17,21-24,27-28H,2-3,5,8-13,18-20,25-26H2,1,4H3. The summed E-state index contributed by atoms with van der Waals surface area (Å²) in [6.07, 6.45) is 19.9. The molecule has 2 aromatic rings. The summed E-state index contributed by atoms with van der Waals surface area (Å²) in [5.41, 5.74) is 6.17. The van der Waals surface area contributed by atoms with Crippen molar-refractivity contribution in [3.63, 3.8) is 0 Å². The van der Waals surface area contributed by atoms with Gasteiger partial charge in [-0.1, -0.05) is 126 Å². The van der Waals surface area contributed by atoms with Gasteiger partial charge < -0.3 is 0 Å². The number of hydrogen-bond donors (Lipinski definition) is 0. The molecule has 33 heavy (non-hydrogen) atoms. The normalized spacial score (nSPS) is 15.5. The Kier molecular flexibility index (Phi) is 10.0. The van der Waals surface area contributed by atoms with Crippen molar-refractivity contribution in [3.8, 4) is 11.1 Å². The Bertz CT molecular complexity index is 828. The molecular formula is C33H46. The molecule has 0 amide bonds. The highest BCUT2D eigenvalue weighted by molar-refractivity contribution is 5.81. The SMILES string of the molecule is C=CC(C)CCCCCCC1(CC(C=C)CCCCCC)c2ccccc2-c2ccccc21. The largest absolute Gasteiger partial charge is 0.103 e. The van der Waals surface area contributed by atoms with Crippen LogP contribution in [0.1, 0.15) is 102 Å².